The largest absolute Gasteiger partial charge is 0.387 e. The average Bonchev–Trinajstić information content (AvgIpc) is 2.39. The van der Waals surface area contributed by atoms with Crippen molar-refractivity contribution < 1.29 is 5.11 Å². The van der Waals surface area contributed by atoms with Crippen molar-refractivity contribution in [1.82, 2.24) is 4.98 Å². The molecule has 1 fully saturated rings. The molecule has 1 N–H and O–H groups in total. The third-order valence-corrected chi connectivity index (χ3v) is 3.59. The van der Waals surface area contributed by atoms with Crippen LogP contribution in [0.3, 0.4) is 0 Å². The van der Waals surface area contributed by atoms with Gasteiger partial charge >= 0.3 is 0 Å². The molecule has 16 heavy (non-hydrogen) atoms. The molecular weight excluding hydrogens is 268 g/mol. The topological polar surface area (TPSA) is 36.4 Å². The Balaban J connectivity index is 2.24. The number of hydrogen-bond donors (Lipinski definition) is 1. The van der Waals surface area contributed by atoms with Gasteiger partial charge in [-0.05, 0) is 25.3 Å². The van der Waals surface area contributed by atoms with Gasteiger partial charge in [-0.15, -0.1) is 0 Å². The van der Waals surface area contributed by atoms with E-state index in [4.69, 9.17) is 0 Å². The van der Waals surface area contributed by atoms with Crippen molar-refractivity contribution in [3.8, 4) is 0 Å². The zero-order valence-electron chi connectivity index (χ0n) is 9.27. The Bertz CT molecular complexity index is 340. The molecule has 1 aliphatic heterocycles. The fourth-order valence-corrected chi connectivity index (χ4v) is 2.47. The van der Waals surface area contributed by atoms with Crippen molar-refractivity contribution in [3.63, 3.8) is 0 Å². The average molecular weight is 285 g/mol. The lowest BCUT2D eigenvalue weighted by atomic mass is 10.1. The van der Waals surface area contributed by atoms with E-state index in [0.29, 0.717) is 5.33 Å². The summed E-state index contributed by atoms with van der Waals surface area (Å²) in [5.41, 5.74) is 0.932. The van der Waals surface area contributed by atoms with Crippen molar-refractivity contribution in [2.75, 3.05) is 23.3 Å². The van der Waals surface area contributed by atoms with Gasteiger partial charge in [0.1, 0.15) is 5.82 Å². The Morgan fingerprint density at radius 2 is 2.12 bits per heavy atom. The number of pyridine rings is 1. The van der Waals surface area contributed by atoms with Crippen molar-refractivity contribution in [2.45, 2.75) is 25.4 Å². The number of anilines is 1. The maximum atomic E-state index is 9.93. The summed E-state index contributed by atoms with van der Waals surface area (Å²) in [5.74, 6) is 0.953. The lowest BCUT2D eigenvalue weighted by Crippen LogP contribution is -2.31. The third kappa shape index (κ3) is 2.55. The Labute approximate surface area is 105 Å². The van der Waals surface area contributed by atoms with E-state index in [-0.39, 0.29) is 0 Å². The minimum absolute atomic E-state index is 0.467. The maximum absolute atomic E-state index is 9.93. The molecule has 0 aromatic carbocycles. The van der Waals surface area contributed by atoms with E-state index in [1.807, 2.05) is 12.1 Å². The van der Waals surface area contributed by atoms with E-state index in [0.717, 1.165) is 24.5 Å². The smallest absolute Gasteiger partial charge is 0.134 e. The Morgan fingerprint density at radius 3 is 2.81 bits per heavy atom. The van der Waals surface area contributed by atoms with Gasteiger partial charge in [0, 0.05) is 30.2 Å². The minimum Gasteiger partial charge on any atom is -0.387 e. The lowest BCUT2D eigenvalue weighted by molar-refractivity contribution is 0.205. The van der Waals surface area contributed by atoms with Crippen LogP contribution in [0.4, 0.5) is 5.82 Å². The quantitative estimate of drug-likeness (QED) is 0.867. The fraction of sp³-hybridized carbons (Fsp3) is 0.583. The van der Waals surface area contributed by atoms with E-state index in [9.17, 15) is 5.11 Å². The molecule has 1 aromatic rings. The second-order valence-electron chi connectivity index (χ2n) is 4.13. The van der Waals surface area contributed by atoms with Crippen LogP contribution in [-0.2, 0) is 0 Å². The Hall–Kier alpha value is -0.610. The number of piperidine rings is 1. The minimum atomic E-state index is -0.467. The SMILES string of the molecule is OC(CBr)c1cccnc1N1CCCCC1. The molecule has 1 aliphatic rings. The summed E-state index contributed by atoms with van der Waals surface area (Å²) in [6.07, 6.45) is 5.08. The van der Waals surface area contributed by atoms with E-state index in [1.165, 1.54) is 19.3 Å². The van der Waals surface area contributed by atoms with Crippen molar-refractivity contribution >= 4 is 21.7 Å². The first-order valence-electron chi connectivity index (χ1n) is 5.77. The van der Waals surface area contributed by atoms with Gasteiger partial charge in [-0.2, -0.15) is 0 Å². The van der Waals surface area contributed by atoms with Crippen LogP contribution < -0.4 is 4.90 Å². The maximum Gasteiger partial charge on any atom is 0.134 e. The summed E-state index contributed by atoms with van der Waals surface area (Å²) >= 11 is 3.31. The van der Waals surface area contributed by atoms with E-state index in [2.05, 4.69) is 25.8 Å². The number of alkyl halides is 1. The van der Waals surface area contributed by atoms with Crippen LogP contribution in [0.2, 0.25) is 0 Å². The number of aliphatic hydroxyl groups is 1. The summed E-state index contributed by atoms with van der Waals surface area (Å²) in [6, 6.07) is 3.84. The normalized spacial score (nSPS) is 18.5. The highest BCUT2D eigenvalue weighted by atomic mass is 79.9. The van der Waals surface area contributed by atoms with Crippen LogP contribution in [0.25, 0.3) is 0 Å². The van der Waals surface area contributed by atoms with Gasteiger partial charge in [-0.25, -0.2) is 4.98 Å². The zero-order valence-corrected chi connectivity index (χ0v) is 10.9. The summed E-state index contributed by atoms with van der Waals surface area (Å²) in [6.45, 7) is 2.11. The zero-order chi connectivity index (χ0) is 11.4. The second-order valence-corrected chi connectivity index (χ2v) is 4.78. The summed E-state index contributed by atoms with van der Waals surface area (Å²) in [5, 5.41) is 10.5. The molecule has 0 bridgehead atoms. The molecule has 1 unspecified atom stereocenters. The summed E-state index contributed by atoms with van der Waals surface area (Å²) < 4.78 is 0. The third-order valence-electron chi connectivity index (χ3n) is 2.98. The Kier molecular flexibility index (Phi) is 4.18. The first kappa shape index (κ1) is 11.9. The number of rotatable bonds is 3. The second kappa shape index (κ2) is 5.64. The van der Waals surface area contributed by atoms with Crippen molar-refractivity contribution in [2.24, 2.45) is 0 Å². The number of hydrogen-bond acceptors (Lipinski definition) is 3. The van der Waals surface area contributed by atoms with Gasteiger partial charge in [0.05, 0.1) is 6.10 Å². The van der Waals surface area contributed by atoms with E-state index in [1.54, 1.807) is 6.20 Å². The number of nitrogens with zero attached hydrogens (tertiary/aromatic N) is 2. The molecule has 1 atom stereocenters. The van der Waals surface area contributed by atoms with E-state index < -0.39 is 6.10 Å². The molecule has 4 heteroatoms. The molecule has 0 radical (unpaired) electrons. The van der Waals surface area contributed by atoms with Gasteiger partial charge < -0.3 is 10.0 Å². The molecule has 0 spiro atoms. The highest BCUT2D eigenvalue weighted by molar-refractivity contribution is 9.09. The summed E-state index contributed by atoms with van der Waals surface area (Å²) in [4.78, 5) is 6.70. The molecule has 3 nitrogen and oxygen atoms in total. The number of aromatic nitrogens is 1. The van der Waals surface area contributed by atoms with Crippen molar-refractivity contribution in [3.05, 3.63) is 23.9 Å². The predicted octanol–water partition coefficient (Wildman–Crippen LogP) is 2.50. The van der Waals surface area contributed by atoms with Gasteiger partial charge in [0.2, 0.25) is 0 Å². The highest BCUT2D eigenvalue weighted by Gasteiger charge is 2.18. The van der Waals surface area contributed by atoms with Crippen molar-refractivity contribution in [1.29, 1.82) is 0 Å². The van der Waals surface area contributed by atoms with Gasteiger partial charge in [-0.3, -0.25) is 0 Å². The Morgan fingerprint density at radius 1 is 1.38 bits per heavy atom. The number of aliphatic hydroxyl groups excluding tert-OH is 1. The van der Waals surface area contributed by atoms with Gasteiger partial charge in [-0.1, -0.05) is 22.0 Å². The monoisotopic (exact) mass is 284 g/mol. The van der Waals surface area contributed by atoms with Gasteiger partial charge in [0.25, 0.3) is 0 Å². The van der Waals surface area contributed by atoms with Crippen LogP contribution in [0.15, 0.2) is 18.3 Å². The first-order valence-corrected chi connectivity index (χ1v) is 6.89. The molecule has 88 valence electrons. The molecule has 2 rings (SSSR count). The van der Waals surface area contributed by atoms with Gasteiger partial charge in [0.15, 0.2) is 0 Å². The van der Waals surface area contributed by atoms with Crippen LogP contribution in [0.5, 0.6) is 0 Å². The predicted molar refractivity (Wildman–Crippen MR) is 69.1 cm³/mol. The standard InChI is InChI=1S/C12H17BrN2O/c13-9-11(16)10-5-4-6-14-12(10)15-7-2-1-3-8-15/h4-6,11,16H,1-3,7-9H2. The molecule has 1 saturated heterocycles. The lowest BCUT2D eigenvalue weighted by Gasteiger charge is -2.30. The van der Waals surface area contributed by atoms with Crippen LogP contribution >= 0.6 is 15.9 Å². The molecule has 1 aromatic heterocycles. The molecule has 0 saturated carbocycles. The highest BCUT2D eigenvalue weighted by Crippen LogP contribution is 2.27. The van der Waals surface area contributed by atoms with E-state index >= 15 is 0 Å². The number of halogens is 1. The summed E-state index contributed by atoms with van der Waals surface area (Å²) in [7, 11) is 0. The molecule has 0 aliphatic carbocycles. The van der Waals surface area contributed by atoms with Crippen LogP contribution in [0, 0.1) is 0 Å². The first-order chi connectivity index (χ1) is 7.83. The van der Waals surface area contributed by atoms with Crippen LogP contribution in [0.1, 0.15) is 30.9 Å². The van der Waals surface area contributed by atoms with Crippen LogP contribution in [-0.4, -0.2) is 28.5 Å². The molecule has 0 amide bonds. The molecule has 2 heterocycles. The molecular formula is C12H17BrN2O. The fourth-order valence-electron chi connectivity index (χ4n) is 2.12.